The number of hydrogen-bond acceptors (Lipinski definition) is 4. The lowest BCUT2D eigenvalue weighted by molar-refractivity contribution is 0.0288. The number of nitrogens with zero attached hydrogens (tertiary/aromatic N) is 2. The molecule has 1 aromatic rings. The fraction of sp³-hybridized carbons (Fsp3) is 0.562. The first-order valence-electron chi connectivity index (χ1n) is 7.64. The highest BCUT2D eigenvalue weighted by atomic mass is 19.1. The first kappa shape index (κ1) is 17.2. The third-order valence-corrected chi connectivity index (χ3v) is 3.62. The van der Waals surface area contributed by atoms with Gasteiger partial charge in [0.25, 0.3) is 0 Å². The van der Waals surface area contributed by atoms with E-state index in [4.69, 9.17) is 15.6 Å². The summed E-state index contributed by atoms with van der Waals surface area (Å²) in [5.74, 6) is -0.205. The highest BCUT2D eigenvalue weighted by Gasteiger charge is 2.30. The number of carbonyl (C=O) groups excluding carboxylic acids is 1. The molecule has 0 bridgehead atoms. The molecule has 0 aromatic carbocycles. The van der Waals surface area contributed by atoms with Crippen molar-refractivity contribution < 1.29 is 13.9 Å². The van der Waals surface area contributed by atoms with Gasteiger partial charge in [-0.15, -0.1) is 0 Å². The summed E-state index contributed by atoms with van der Waals surface area (Å²) in [6.07, 6.45) is 1.96. The molecule has 0 aliphatic carbocycles. The zero-order chi connectivity index (χ0) is 17.2. The van der Waals surface area contributed by atoms with Gasteiger partial charge < -0.3 is 9.64 Å². The molecule has 1 amide bonds. The van der Waals surface area contributed by atoms with Crippen LogP contribution in [0.4, 0.5) is 9.18 Å². The quantitative estimate of drug-likeness (QED) is 0.648. The molecule has 1 aliphatic heterocycles. The number of amides is 1. The first-order valence-corrected chi connectivity index (χ1v) is 7.64. The SMILES string of the molecule is CC(C)(C)OC(=O)N1CCC(CC(=N)n2cc(F)ccc2=N)C1. The molecule has 2 N–H and O–H groups in total. The smallest absolute Gasteiger partial charge is 0.410 e. The van der Waals surface area contributed by atoms with E-state index in [9.17, 15) is 9.18 Å². The van der Waals surface area contributed by atoms with Crippen LogP contribution in [0, 0.1) is 22.6 Å². The largest absolute Gasteiger partial charge is 0.444 e. The molecule has 1 unspecified atom stereocenters. The number of halogens is 1. The van der Waals surface area contributed by atoms with Crippen LogP contribution in [0.5, 0.6) is 0 Å². The van der Waals surface area contributed by atoms with E-state index in [1.165, 1.54) is 16.7 Å². The minimum atomic E-state index is -0.528. The fourth-order valence-electron chi connectivity index (χ4n) is 2.56. The standard InChI is InChI=1S/C16H23FN4O2/c1-16(2,3)23-15(22)20-7-6-11(9-20)8-14(19)21-10-12(17)4-5-13(21)18/h4-5,10-11,18-19H,6-9H2,1-3H3. The molecular formula is C16H23FN4O2. The summed E-state index contributed by atoms with van der Waals surface area (Å²) in [6, 6.07) is 2.53. The average Bonchev–Trinajstić information content (AvgIpc) is 2.88. The van der Waals surface area contributed by atoms with Crippen molar-refractivity contribution in [3.05, 3.63) is 29.6 Å². The van der Waals surface area contributed by atoms with Gasteiger partial charge in [-0.2, -0.15) is 0 Å². The van der Waals surface area contributed by atoms with E-state index in [0.29, 0.717) is 19.5 Å². The lowest BCUT2D eigenvalue weighted by Gasteiger charge is -2.24. The Kier molecular flexibility index (Phi) is 4.87. The summed E-state index contributed by atoms with van der Waals surface area (Å²) in [4.78, 5) is 13.7. The van der Waals surface area contributed by atoms with E-state index in [1.54, 1.807) is 4.90 Å². The van der Waals surface area contributed by atoms with Crippen LogP contribution >= 0.6 is 0 Å². The third kappa shape index (κ3) is 4.64. The van der Waals surface area contributed by atoms with Gasteiger partial charge in [0, 0.05) is 25.7 Å². The van der Waals surface area contributed by atoms with Gasteiger partial charge in [-0.05, 0) is 45.2 Å². The number of carbonyl (C=O) groups is 1. The van der Waals surface area contributed by atoms with Crippen molar-refractivity contribution in [3.63, 3.8) is 0 Å². The van der Waals surface area contributed by atoms with Crippen LogP contribution in [0.15, 0.2) is 18.3 Å². The summed E-state index contributed by atoms with van der Waals surface area (Å²) < 4.78 is 19.8. The second-order valence-corrected chi connectivity index (χ2v) is 6.83. The summed E-state index contributed by atoms with van der Waals surface area (Å²) in [5.41, 5.74) is -0.460. The summed E-state index contributed by atoms with van der Waals surface area (Å²) in [5, 5.41) is 15.8. The second-order valence-electron chi connectivity index (χ2n) is 6.83. The predicted octanol–water partition coefficient (Wildman–Crippen LogP) is 2.58. The zero-order valence-corrected chi connectivity index (χ0v) is 13.7. The lowest BCUT2D eigenvalue weighted by atomic mass is 10.0. The summed E-state index contributed by atoms with van der Waals surface area (Å²) in [7, 11) is 0. The molecule has 1 aliphatic rings. The van der Waals surface area contributed by atoms with Gasteiger partial charge in [-0.1, -0.05) is 0 Å². The van der Waals surface area contributed by atoms with Crippen LogP contribution in [-0.4, -0.2) is 40.1 Å². The van der Waals surface area contributed by atoms with Crippen molar-refractivity contribution >= 4 is 11.9 Å². The lowest BCUT2D eigenvalue weighted by Crippen LogP contribution is -2.35. The maximum absolute atomic E-state index is 13.3. The highest BCUT2D eigenvalue weighted by molar-refractivity contribution is 5.81. The minimum Gasteiger partial charge on any atom is -0.444 e. The Morgan fingerprint density at radius 2 is 2.13 bits per heavy atom. The molecule has 0 spiro atoms. The molecule has 0 radical (unpaired) electrons. The maximum Gasteiger partial charge on any atom is 0.410 e. The number of likely N-dealkylation sites (tertiary alicyclic amines) is 1. The number of rotatable bonds is 2. The molecule has 23 heavy (non-hydrogen) atoms. The molecule has 6 nitrogen and oxygen atoms in total. The molecule has 126 valence electrons. The minimum absolute atomic E-state index is 0.0680. The van der Waals surface area contributed by atoms with Crippen LogP contribution in [0.1, 0.15) is 33.6 Å². The van der Waals surface area contributed by atoms with Crippen molar-refractivity contribution in [1.82, 2.24) is 9.47 Å². The predicted molar refractivity (Wildman–Crippen MR) is 83.9 cm³/mol. The van der Waals surface area contributed by atoms with Crippen LogP contribution in [0.3, 0.4) is 0 Å². The van der Waals surface area contributed by atoms with Crippen molar-refractivity contribution in [2.45, 2.75) is 39.2 Å². The Morgan fingerprint density at radius 1 is 1.43 bits per heavy atom. The Balaban J connectivity index is 1.95. The highest BCUT2D eigenvalue weighted by Crippen LogP contribution is 2.22. The number of aromatic nitrogens is 1. The molecule has 1 saturated heterocycles. The van der Waals surface area contributed by atoms with Crippen molar-refractivity contribution in [2.24, 2.45) is 5.92 Å². The Hall–Kier alpha value is -2.18. The monoisotopic (exact) mass is 322 g/mol. The summed E-state index contributed by atoms with van der Waals surface area (Å²) >= 11 is 0. The molecule has 0 saturated carbocycles. The average molecular weight is 322 g/mol. The van der Waals surface area contributed by atoms with Crippen LogP contribution < -0.4 is 5.49 Å². The topological polar surface area (TPSA) is 82.2 Å². The van der Waals surface area contributed by atoms with Gasteiger partial charge >= 0.3 is 6.09 Å². The Morgan fingerprint density at radius 3 is 2.78 bits per heavy atom. The van der Waals surface area contributed by atoms with Gasteiger partial charge in [0.1, 0.15) is 22.7 Å². The Bertz CT molecular complexity index is 663. The second kappa shape index (κ2) is 6.52. The molecular weight excluding hydrogens is 299 g/mol. The maximum atomic E-state index is 13.3. The van der Waals surface area contributed by atoms with E-state index < -0.39 is 11.4 Å². The van der Waals surface area contributed by atoms with E-state index in [2.05, 4.69) is 0 Å². The van der Waals surface area contributed by atoms with Crippen LogP contribution in [0.2, 0.25) is 0 Å². The molecule has 2 heterocycles. The molecule has 1 fully saturated rings. The number of hydrogen-bond donors (Lipinski definition) is 2. The van der Waals surface area contributed by atoms with Gasteiger partial charge in [0.05, 0.1) is 0 Å². The van der Waals surface area contributed by atoms with E-state index in [1.807, 2.05) is 20.8 Å². The molecule has 1 atom stereocenters. The molecule has 7 heteroatoms. The van der Waals surface area contributed by atoms with Crippen LogP contribution in [-0.2, 0) is 4.74 Å². The van der Waals surface area contributed by atoms with E-state index in [-0.39, 0.29) is 23.3 Å². The van der Waals surface area contributed by atoms with Crippen LogP contribution in [0.25, 0.3) is 0 Å². The van der Waals surface area contributed by atoms with Crippen molar-refractivity contribution in [1.29, 1.82) is 10.8 Å². The molecule has 1 aromatic heterocycles. The van der Waals surface area contributed by atoms with Gasteiger partial charge in [-0.3, -0.25) is 15.4 Å². The third-order valence-electron chi connectivity index (χ3n) is 3.62. The van der Waals surface area contributed by atoms with E-state index >= 15 is 0 Å². The van der Waals surface area contributed by atoms with Crippen molar-refractivity contribution in [2.75, 3.05) is 13.1 Å². The fourth-order valence-corrected chi connectivity index (χ4v) is 2.56. The number of ether oxygens (including phenoxy) is 1. The number of nitrogens with one attached hydrogen (secondary N) is 2. The first-order chi connectivity index (χ1) is 10.7. The van der Waals surface area contributed by atoms with Crippen molar-refractivity contribution in [3.8, 4) is 0 Å². The zero-order valence-electron chi connectivity index (χ0n) is 13.7. The van der Waals surface area contributed by atoms with Gasteiger partial charge in [0.2, 0.25) is 0 Å². The molecule has 2 rings (SSSR count). The Labute approximate surface area is 134 Å². The van der Waals surface area contributed by atoms with Gasteiger partial charge in [-0.25, -0.2) is 9.18 Å². The summed E-state index contributed by atoms with van der Waals surface area (Å²) in [6.45, 7) is 6.58. The van der Waals surface area contributed by atoms with E-state index in [0.717, 1.165) is 12.6 Å². The number of pyridine rings is 1. The van der Waals surface area contributed by atoms with Gasteiger partial charge in [0.15, 0.2) is 0 Å². The normalized spacial score (nSPS) is 18.1.